The van der Waals surface area contributed by atoms with Crippen LogP contribution in [0.15, 0.2) is 42.5 Å². The van der Waals surface area contributed by atoms with Gasteiger partial charge in [-0.25, -0.2) is 4.39 Å². The Morgan fingerprint density at radius 2 is 1.80 bits per heavy atom. The van der Waals surface area contributed by atoms with Crippen LogP contribution in [0.3, 0.4) is 0 Å². The maximum atomic E-state index is 13.6. The summed E-state index contributed by atoms with van der Waals surface area (Å²) in [5.41, 5.74) is 4.68. The van der Waals surface area contributed by atoms with E-state index in [0.717, 1.165) is 24.1 Å². The fourth-order valence-electron chi connectivity index (χ4n) is 2.65. The molecule has 0 amide bonds. The first-order valence-corrected chi connectivity index (χ1v) is 7.24. The van der Waals surface area contributed by atoms with Gasteiger partial charge in [-0.05, 0) is 54.3 Å². The van der Waals surface area contributed by atoms with Gasteiger partial charge in [0, 0.05) is 0 Å². The van der Waals surface area contributed by atoms with Crippen molar-refractivity contribution in [3.8, 4) is 0 Å². The zero-order valence-corrected chi connectivity index (χ0v) is 12.4. The Bertz CT molecular complexity index is 577. The standard InChI is InChI=1S/C18H22FN/c1-4-14-8-6-7-9-16(14)18(20-5-2)17-12-15(19)11-10-13(17)3/h6-12,18,20H,4-5H2,1-3H3. The van der Waals surface area contributed by atoms with Crippen molar-refractivity contribution < 1.29 is 4.39 Å². The highest BCUT2D eigenvalue weighted by atomic mass is 19.1. The average molecular weight is 271 g/mol. The van der Waals surface area contributed by atoms with Gasteiger partial charge in [0.05, 0.1) is 6.04 Å². The third kappa shape index (κ3) is 3.07. The minimum atomic E-state index is -0.178. The average Bonchev–Trinajstić information content (AvgIpc) is 2.47. The van der Waals surface area contributed by atoms with Crippen molar-refractivity contribution in [1.82, 2.24) is 5.32 Å². The van der Waals surface area contributed by atoms with Crippen LogP contribution in [0.5, 0.6) is 0 Å². The predicted molar refractivity (Wildman–Crippen MR) is 82.5 cm³/mol. The molecule has 1 nitrogen and oxygen atoms in total. The molecule has 2 aromatic rings. The number of nitrogens with one attached hydrogen (secondary N) is 1. The molecule has 1 N–H and O–H groups in total. The molecule has 1 unspecified atom stereocenters. The largest absolute Gasteiger partial charge is 0.307 e. The molecule has 0 aliphatic carbocycles. The lowest BCUT2D eigenvalue weighted by atomic mass is 9.91. The van der Waals surface area contributed by atoms with Gasteiger partial charge in [-0.15, -0.1) is 0 Å². The quantitative estimate of drug-likeness (QED) is 0.850. The molecular formula is C18H22FN. The maximum absolute atomic E-state index is 13.6. The van der Waals surface area contributed by atoms with Gasteiger partial charge < -0.3 is 5.32 Å². The zero-order valence-electron chi connectivity index (χ0n) is 12.4. The molecule has 0 aromatic heterocycles. The van der Waals surface area contributed by atoms with Crippen molar-refractivity contribution in [2.75, 3.05) is 6.54 Å². The first-order chi connectivity index (χ1) is 9.67. The predicted octanol–water partition coefficient (Wildman–Crippen LogP) is 4.40. The molecule has 2 aromatic carbocycles. The Kier molecular flexibility index (Phi) is 4.91. The summed E-state index contributed by atoms with van der Waals surface area (Å²) in [6.45, 7) is 7.11. The van der Waals surface area contributed by atoms with E-state index in [-0.39, 0.29) is 11.9 Å². The topological polar surface area (TPSA) is 12.0 Å². The molecule has 0 saturated carbocycles. The zero-order chi connectivity index (χ0) is 14.5. The van der Waals surface area contributed by atoms with Gasteiger partial charge in [0.25, 0.3) is 0 Å². The molecule has 0 radical (unpaired) electrons. The van der Waals surface area contributed by atoms with Gasteiger partial charge in [0.2, 0.25) is 0 Å². The molecule has 0 heterocycles. The van der Waals surface area contributed by atoms with Crippen LogP contribution in [0.1, 0.15) is 42.1 Å². The highest BCUT2D eigenvalue weighted by Gasteiger charge is 2.18. The number of aryl methyl sites for hydroxylation is 2. The van der Waals surface area contributed by atoms with Crippen molar-refractivity contribution in [3.05, 3.63) is 70.5 Å². The lowest BCUT2D eigenvalue weighted by Gasteiger charge is -2.23. The first-order valence-electron chi connectivity index (χ1n) is 7.24. The molecule has 106 valence electrons. The molecule has 2 rings (SSSR count). The molecule has 0 bridgehead atoms. The van der Waals surface area contributed by atoms with Crippen molar-refractivity contribution in [1.29, 1.82) is 0 Å². The fourth-order valence-corrected chi connectivity index (χ4v) is 2.65. The molecule has 1 atom stereocenters. The summed E-state index contributed by atoms with van der Waals surface area (Å²) in [7, 11) is 0. The second-order valence-electron chi connectivity index (χ2n) is 5.04. The Morgan fingerprint density at radius 3 is 2.50 bits per heavy atom. The number of hydrogen-bond donors (Lipinski definition) is 1. The highest BCUT2D eigenvalue weighted by molar-refractivity contribution is 5.41. The van der Waals surface area contributed by atoms with E-state index < -0.39 is 0 Å². The van der Waals surface area contributed by atoms with Crippen LogP contribution in [0, 0.1) is 12.7 Å². The molecule has 0 aliphatic heterocycles. The van der Waals surface area contributed by atoms with E-state index in [9.17, 15) is 4.39 Å². The summed E-state index contributed by atoms with van der Waals surface area (Å²) in [4.78, 5) is 0. The van der Waals surface area contributed by atoms with Crippen LogP contribution in [0.4, 0.5) is 4.39 Å². The lowest BCUT2D eigenvalue weighted by molar-refractivity contribution is 0.598. The number of halogens is 1. The van der Waals surface area contributed by atoms with Crippen LogP contribution in [-0.4, -0.2) is 6.54 Å². The van der Waals surface area contributed by atoms with E-state index >= 15 is 0 Å². The second-order valence-corrected chi connectivity index (χ2v) is 5.04. The highest BCUT2D eigenvalue weighted by Crippen LogP contribution is 2.28. The van der Waals surface area contributed by atoms with E-state index in [1.54, 1.807) is 6.07 Å². The molecular weight excluding hydrogens is 249 g/mol. The van der Waals surface area contributed by atoms with Crippen molar-refractivity contribution in [3.63, 3.8) is 0 Å². The van der Waals surface area contributed by atoms with Crippen molar-refractivity contribution in [2.45, 2.75) is 33.2 Å². The smallest absolute Gasteiger partial charge is 0.123 e. The summed E-state index contributed by atoms with van der Waals surface area (Å²) in [6, 6.07) is 13.5. The Hall–Kier alpha value is -1.67. The SMILES string of the molecule is CCNC(c1cc(F)ccc1C)c1ccccc1CC. The normalized spacial score (nSPS) is 12.4. The van der Waals surface area contributed by atoms with E-state index in [1.807, 2.05) is 19.1 Å². The van der Waals surface area contributed by atoms with Gasteiger partial charge >= 0.3 is 0 Å². The van der Waals surface area contributed by atoms with Crippen LogP contribution in [0.2, 0.25) is 0 Å². The number of rotatable bonds is 5. The molecule has 0 aliphatic rings. The third-order valence-electron chi connectivity index (χ3n) is 3.71. The van der Waals surface area contributed by atoms with Crippen LogP contribution >= 0.6 is 0 Å². The van der Waals surface area contributed by atoms with Crippen LogP contribution in [-0.2, 0) is 6.42 Å². The fraction of sp³-hybridized carbons (Fsp3) is 0.333. The summed E-state index contributed by atoms with van der Waals surface area (Å²) < 4.78 is 13.6. The minimum Gasteiger partial charge on any atom is -0.307 e. The van der Waals surface area contributed by atoms with E-state index in [0.29, 0.717) is 0 Å². The van der Waals surface area contributed by atoms with Crippen LogP contribution < -0.4 is 5.32 Å². The summed E-state index contributed by atoms with van der Waals surface area (Å²) in [5.74, 6) is -0.178. The van der Waals surface area contributed by atoms with Gasteiger partial charge in [-0.3, -0.25) is 0 Å². The Morgan fingerprint density at radius 1 is 1.05 bits per heavy atom. The van der Waals surface area contributed by atoms with Crippen LogP contribution in [0.25, 0.3) is 0 Å². The van der Waals surface area contributed by atoms with Gasteiger partial charge in [-0.1, -0.05) is 44.2 Å². The first kappa shape index (κ1) is 14.7. The monoisotopic (exact) mass is 271 g/mol. The van der Waals surface area contributed by atoms with Crippen molar-refractivity contribution >= 4 is 0 Å². The van der Waals surface area contributed by atoms with E-state index in [4.69, 9.17) is 0 Å². The van der Waals surface area contributed by atoms with Gasteiger partial charge in [0.15, 0.2) is 0 Å². The Balaban J connectivity index is 2.53. The molecule has 20 heavy (non-hydrogen) atoms. The Labute approximate surface area is 120 Å². The third-order valence-corrected chi connectivity index (χ3v) is 3.71. The van der Waals surface area contributed by atoms with E-state index in [2.05, 4.69) is 37.4 Å². The number of benzene rings is 2. The summed E-state index contributed by atoms with van der Waals surface area (Å²) in [5, 5.41) is 3.49. The summed E-state index contributed by atoms with van der Waals surface area (Å²) in [6.07, 6.45) is 0.979. The number of hydrogen-bond acceptors (Lipinski definition) is 1. The van der Waals surface area contributed by atoms with E-state index in [1.165, 1.54) is 17.2 Å². The molecule has 2 heteroatoms. The molecule has 0 spiro atoms. The molecule has 0 saturated heterocycles. The van der Waals surface area contributed by atoms with Gasteiger partial charge in [-0.2, -0.15) is 0 Å². The maximum Gasteiger partial charge on any atom is 0.123 e. The minimum absolute atomic E-state index is 0.0480. The van der Waals surface area contributed by atoms with Crippen molar-refractivity contribution in [2.24, 2.45) is 0 Å². The lowest BCUT2D eigenvalue weighted by Crippen LogP contribution is -2.24. The molecule has 0 fully saturated rings. The second kappa shape index (κ2) is 6.67. The van der Waals surface area contributed by atoms with Gasteiger partial charge in [0.1, 0.15) is 5.82 Å². The summed E-state index contributed by atoms with van der Waals surface area (Å²) >= 11 is 0.